The molecule has 0 aliphatic heterocycles. The van der Waals surface area contributed by atoms with Gasteiger partial charge in [-0.25, -0.2) is 4.89 Å². The van der Waals surface area contributed by atoms with Crippen LogP contribution in [0.15, 0.2) is 0 Å². The summed E-state index contributed by atoms with van der Waals surface area (Å²) in [5.41, 5.74) is 0. The maximum absolute atomic E-state index is 8.28. The van der Waals surface area contributed by atoms with E-state index in [-0.39, 0.29) is 11.5 Å². The van der Waals surface area contributed by atoms with E-state index in [2.05, 4.69) is 4.89 Å². The third kappa shape index (κ3) is 1.81. The molecule has 0 saturated heterocycles. The quantitative estimate of drug-likeness (QED) is 0.352. The summed E-state index contributed by atoms with van der Waals surface area (Å²) in [4.78, 5) is 4.17. The molecule has 0 bridgehead atoms. The van der Waals surface area contributed by atoms with Crippen molar-refractivity contribution >= 4 is 11.6 Å². The van der Waals surface area contributed by atoms with E-state index in [4.69, 9.17) is 16.9 Å². The second-order valence-corrected chi connectivity index (χ2v) is 3.00. The molecule has 1 fully saturated rings. The summed E-state index contributed by atoms with van der Waals surface area (Å²) in [5, 5.41) is 8.29. The van der Waals surface area contributed by atoms with E-state index in [0.717, 1.165) is 25.7 Å². The Hall–Kier alpha value is 0.210. The van der Waals surface area contributed by atoms with Crippen LogP contribution in [0.1, 0.15) is 25.7 Å². The van der Waals surface area contributed by atoms with Gasteiger partial charge < -0.3 is 0 Å². The van der Waals surface area contributed by atoms with Gasteiger partial charge in [0.05, 0.1) is 5.38 Å². The molecule has 0 aromatic carbocycles. The Balaban J connectivity index is 2.30. The third-order valence-electron chi connectivity index (χ3n) is 1.76. The summed E-state index contributed by atoms with van der Waals surface area (Å²) in [6, 6.07) is 0. The molecule has 0 amide bonds. The van der Waals surface area contributed by atoms with E-state index in [1.807, 2.05) is 0 Å². The Morgan fingerprint density at radius 3 is 2.44 bits per heavy atom. The molecule has 54 valence electrons. The van der Waals surface area contributed by atoms with Crippen molar-refractivity contribution in [2.45, 2.75) is 37.2 Å². The highest BCUT2D eigenvalue weighted by Gasteiger charge is 2.23. The van der Waals surface area contributed by atoms with Crippen molar-refractivity contribution in [3.05, 3.63) is 0 Å². The summed E-state index contributed by atoms with van der Waals surface area (Å²) in [5.74, 6) is 0. The lowest BCUT2D eigenvalue weighted by Crippen LogP contribution is -2.26. The minimum absolute atomic E-state index is 0.0174. The Morgan fingerprint density at radius 2 is 2.00 bits per heavy atom. The van der Waals surface area contributed by atoms with E-state index in [9.17, 15) is 0 Å². The van der Waals surface area contributed by atoms with Crippen LogP contribution in [-0.2, 0) is 4.89 Å². The molecule has 0 spiro atoms. The van der Waals surface area contributed by atoms with Crippen molar-refractivity contribution in [2.75, 3.05) is 0 Å². The zero-order valence-electron chi connectivity index (χ0n) is 5.22. The molecule has 0 aromatic rings. The van der Waals surface area contributed by atoms with Crippen molar-refractivity contribution in [3.63, 3.8) is 0 Å². The second kappa shape index (κ2) is 3.40. The number of halogens is 1. The first-order valence-corrected chi connectivity index (χ1v) is 3.72. The average molecular weight is 151 g/mol. The lowest BCUT2D eigenvalue weighted by atomic mass is 9.97. The minimum atomic E-state index is -0.125. The van der Waals surface area contributed by atoms with Crippen LogP contribution >= 0.6 is 11.6 Å². The molecule has 2 atom stereocenters. The molecular weight excluding hydrogens is 140 g/mol. The fraction of sp³-hybridized carbons (Fsp3) is 1.00. The van der Waals surface area contributed by atoms with Gasteiger partial charge in [-0.3, -0.25) is 5.26 Å². The Bertz CT molecular complexity index is 87.1. The van der Waals surface area contributed by atoms with Crippen LogP contribution in [0.2, 0.25) is 0 Å². The molecule has 0 aromatic heterocycles. The molecule has 1 aliphatic rings. The fourth-order valence-electron chi connectivity index (χ4n) is 1.17. The van der Waals surface area contributed by atoms with Crippen LogP contribution in [-0.4, -0.2) is 16.7 Å². The number of hydrogen-bond donors (Lipinski definition) is 1. The van der Waals surface area contributed by atoms with Gasteiger partial charge in [0.25, 0.3) is 0 Å². The van der Waals surface area contributed by atoms with Gasteiger partial charge in [-0.05, 0) is 12.8 Å². The predicted octanol–water partition coefficient (Wildman–Crippen LogP) is 2.03. The Labute approximate surface area is 59.7 Å². The molecule has 2 nitrogen and oxygen atoms in total. The van der Waals surface area contributed by atoms with Crippen molar-refractivity contribution in [2.24, 2.45) is 0 Å². The van der Waals surface area contributed by atoms with Gasteiger partial charge in [-0.2, -0.15) is 0 Å². The first-order valence-electron chi connectivity index (χ1n) is 3.29. The van der Waals surface area contributed by atoms with Gasteiger partial charge in [0.1, 0.15) is 6.10 Å². The summed E-state index contributed by atoms with van der Waals surface area (Å²) in [6.07, 6.45) is 4.01. The summed E-state index contributed by atoms with van der Waals surface area (Å²) in [6.45, 7) is 0. The second-order valence-electron chi connectivity index (χ2n) is 2.44. The summed E-state index contributed by atoms with van der Waals surface area (Å²) >= 11 is 5.80. The maximum atomic E-state index is 8.28. The van der Waals surface area contributed by atoms with Crippen molar-refractivity contribution < 1.29 is 10.1 Å². The van der Waals surface area contributed by atoms with E-state index >= 15 is 0 Å². The lowest BCUT2D eigenvalue weighted by Gasteiger charge is -2.23. The maximum Gasteiger partial charge on any atom is 0.109 e. The monoisotopic (exact) mass is 150 g/mol. The molecule has 0 heterocycles. The van der Waals surface area contributed by atoms with Gasteiger partial charge >= 0.3 is 0 Å². The number of alkyl halides is 1. The fourth-order valence-corrected chi connectivity index (χ4v) is 1.50. The summed E-state index contributed by atoms with van der Waals surface area (Å²) in [7, 11) is 0. The number of hydrogen-bond acceptors (Lipinski definition) is 2. The van der Waals surface area contributed by atoms with Crippen molar-refractivity contribution in [1.29, 1.82) is 0 Å². The largest absolute Gasteiger partial charge is 0.251 e. The van der Waals surface area contributed by atoms with Crippen LogP contribution in [0.3, 0.4) is 0 Å². The van der Waals surface area contributed by atoms with E-state index in [0.29, 0.717) is 0 Å². The smallest absolute Gasteiger partial charge is 0.109 e. The highest BCUT2D eigenvalue weighted by Crippen LogP contribution is 2.24. The zero-order chi connectivity index (χ0) is 6.69. The predicted molar refractivity (Wildman–Crippen MR) is 35.6 cm³/mol. The molecule has 0 radical (unpaired) electrons. The molecule has 2 unspecified atom stereocenters. The van der Waals surface area contributed by atoms with Crippen LogP contribution < -0.4 is 0 Å². The molecular formula is C6H11ClO2. The van der Waals surface area contributed by atoms with E-state index in [1.165, 1.54) is 0 Å². The molecule has 1 rings (SSSR count). The van der Waals surface area contributed by atoms with Crippen molar-refractivity contribution in [1.82, 2.24) is 0 Å². The third-order valence-corrected chi connectivity index (χ3v) is 2.26. The highest BCUT2D eigenvalue weighted by molar-refractivity contribution is 6.21. The normalized spacial score (nSPS) is 36.7. The van der Waals surface area contributed by atoms with Crippen LogP contribution in [0, 0.1) is 0 Å². The standard InChI is InChI=1S/C6H11ClO2/c7-5-3-1-2-4-6(5)9-8/h5-6,8H,1-4H2. The van der Waals surface area contributed by atoms with Crippen molar-refractivity contribution in [3.8, 4) is 0 Å². The van der Waals surface area contributed by atoms with Gasteiger partial charge in [0.2, 0.25) is 0 Å². The first-order chi connectivity index (χ1) is 4.34. The molecule has 1 aliphatic carbocycles. The Kier molecular flexibility index (Phi) is 2.76. The van der Waals surface area contributed by atoms with Crippen LogP contribution in [0.25, 0.3) is 0 Å². The summed E-state index contributed by atoms with van der Waals surface area (Å²) < 4.78 is 0. The average Bonchev–Trinajstić information content (AvgIpc) is 1.89. The molecule has 3 heteroatoms. The number of rotatable bonds is 1. The lowest BCUT2D eigenvalue weighted by molar-refractivity contribution is -0.282. The first kappa shape index (κ1) is 7.32. The van der Waals surface area contributed by atoms with Gasteiger partial charge in [-0.15, -0.1) is 11.6 Å². The van der Waals surface area contributed by atoms with Gasteiger partial charge in [0, 0.05) is 0 Å². The Morgan fingerprint density at radius 1 is 1.33 bits per heavy atom. The van der Waals surface area contributed by atoms with Crippen LogP contribution in [0.4, 0.5) is 0 Å². The molecule has 1 saturated carbocycles. The van der Waals surface area contributed by atoms with Crippen LogP contribution in [0.5, 0.6) is 0 Å². The van der Waals surface area contributed by atoms with E-state index in [1.54, 1.807) is 0 Å². The SMILES string of the molecule is OOC1CCCCC1Cl. The minimum Gasteiger partial charge on any atom is -0.251 e. The molecule has 9 heavy (non-hydrogen) atoms. The highest BCUT2D eigenvalue weighted by atomic mass is 35.5. The van der Waals surface area contributed by atoms with Gasteiger partial charge in [-0.1, -0.05) is 12.8 Å². The zero-order valence-corrected chi connectivity index (χ0v) is 5.97. The van der Waals surface area contributed by atoms with E-state index < -0.39 is 0 Å². The van der Waals surface area contributed by atoms with Gasteiger partial charge in [0.15, 0.2) is 0 Å². The topological polar surface area (TPSA) is 29.5 Å². The molecule has 1 N–H and O–H groups in total.